The second-order valence-corrected chi connectivity index (χ2v) is 5.73. The van der Waals surface area contributed by atoms with Crippen LogP contribution in [0.5, 0.6) is 0 Å². The predicted octanol–water partition coefficient (Wildman–Crippen LogP) is 1.03. The Labute approximate surface area is 129 Å². The number of benzene rings is 1. The zero-order valence-corrected chi connectivity index (χ0v) is 12.7. The van der Waals surface area contributed by atoms with Crippen molar-refractivity contribution in [3.8, 4) is 0 Å². The zero-order valence-electron chi connectivity index (χ0n) is 12.7. The van der Waals surface area contributed by atoms with Crippen molar-refractivity contribution in [1.82, 2.24) is 10.2 Å². The molecule has 1 aromatic carbocycles. The number of halogens is 1. The van der Waals surface area contributed by atoms with Crippen molar-refractivity contribution in [1.29, 1.82) is 0 Å². The summed E-state index contributed by atoms with van der Waals surface area (Å²) in [4.78, 5) is 25.6. The molecule has 1 aliphatic rings. The predicted molar refractivity (Wildman–Crippen MR) is 81.2 cm³/mol. The Bertz CT molecular complexity index is 523. The molecule has 6 heteroatoms. The summed E-state index contributed by atoms with van der Waals surface area (Å²) in [6.07, 6.45) is 1.29. The monoisotopic (exact) mass is 307 g/mol. The van der Waals surface area contributed by atoms with Crippen molar-refractivity contribution in [2.75, 3.05) is 13.1 Å². The highest BCUT2D eigenvalue weighted by molar-refractivity contribution is 5.82. The third-order valence-electron chi connectivity index (χ3n) is 3.95. The number of rotatable bonds is 4. The van der Waals surface area contributed by atoms with Gasteiger partial charge in [0.1, 0.15) is 5.82 Å². The Morgan fingerprint density at radius 2 is 1.91 bits per heavy atom. The minimum atomic E-state index is -0.496. The maximum absolute atomic E-state index is 12.8. The third-order valence-corrected chi connectivity index (χ3v) is 3.95. The van der Waals surface area contributed by atoms with E-state index in [9.17, 15) is 14.0 Å². The topological polar surface area (TPSA) is 75.4 Å². The summed E-state index contributed by atoms with van der Waals surface area (Å²) < 4.78 is 12.8. The fourth-order valence-electron chi connectivity index (χ4n) is 2.59. The fraction of sp³-hybridized carbons (Fsp3) is 0.500. The van der Waals surface area contributed by atoms with Crippen molar-refractivity contribution in [2.45, 2.75) is 32.4 Å². The van der Waals surface area contributed by atoms with Crippen molar-refractivity contribution in [2.24, 2.45) is 11.7 Å². The molecule has 0 bridgehead atoms. The van der Waals surface area contributed by atoms with E-state index in [-0.39, 0.29) is 23.5 Å². The highest BCUT2D eigenvalue weighted by Crippen LogP contribution is 2.18. The Kier molecular flexibility index (Phi) is 5.49. The van der Waals surface area contributed by atoms with Gasteiger partial charge in [-0.25, -0.2) is 4.39 Å². The molecule has 2 rings (SSSR count). The first-order valence-corrected chi connectivity index (χ1v) is 7.54. The number of carbonyl (C=O) groups excluding carboxylic acids is 2. The summed E-state index contributed by atoms with van der Waals surface area (Å²) in [5, 5.41) is 2.87. The molecule has 1 fully saturated rings. The average molecular weight is 307 g/mol. The van der Waals surface area contributed by atoms with Crippen LogP contribution in [0.4, 0.5) is 4.39 Å². The first-order chi connectivity index (χ1) is 10.5. The molecule has 1 aliphatic heterocycles. The van der Waals surface area contributed by atoms with E-state index in [0.717, 1.165) is 5.56 Å². The van der Waals surface area contributed by atoms with Gasteiger partial charge in [-0.15, -0.1) is 0 Å². The summed E-state index contributed by atoms with van der Waals surface area (Å²) in [5.41, 5.74) is 6.45. The number of carbonyl (C=O) groups is 2. The first-order valence-electron chi connectivity index (χ1n) is 7.54. The van der Waals surface area contributed by atoms with Gasteiger partial charge in [-0.05, 0) is 37.5 Å². The van der Waals surface area contributed by atoms with E-state index >= 15 is 0 Å². The van der Waals surface area contributed by atoms with E-state index < -0.39 is 6.04 Å². The fourth-order valence-corrected chi connectivity index (χ4v) is 2.59. The third kappa shape index (κ3) is 4.27. The number of amides is 2. The molecule has 0 radical (unpaired) electrons. The zero-order chi connectivity index (χ0) is 16.1. The number of likely N-dealkylation sites (tertiary alicyclic amines) is 1. The van der Waals surface area contributed by atoms with Crippen molar-refractivity contribution >= 4 is 11.8 Å². The molecular weight excluding hydrogens is 285 g/mol. The van der Waals surface area contributed by atoms with Gasteiger partial charge in [-0.2, -0.15) is 0 Å². The second-order valence-electron chi connectivity index (χ2n) is 5.73. The molecule has 0 saturated carbocycles. The van der Waals surface area contributed by atoms with Gasteiger partial charge in [0.15, 0.2) is 0 Å². The summed E-state index contributed by atoms with van der Waals surface area (Å²) >= 11 is 0. The van der Waals surface area contributed by atoms with Gasteiger partial charge in [-0.1, -0.05) is 12.1 Å². The van der Waals surface area contributed by atoms with Crippen LogP contribution in [0.25, 0.3) is 0 Å². The summed E-state index contributed by atoms with van der Waals surface area (Å²) in [6, 6.07) is 5.56. The molecule has 1 saturated heterocycles. The molecule has 1 aromatic rings. The number of nitrogens with zero attached hydrogens (tertiary/aromatic N) is 1. The minimum Gasteiger partial charge on any atom is -0.352 e. The van der Waals surface area contributed by atoms with Crippen molar-refractivity contribution in [3.05, 3.63) is 35.6 Å². The molecule has 0 aromatic heterocycles. The van der Waals surface area contributed by atoms with Gasteiger partial charge in [-0.3, -0.25) is 9.59 Å². The maximum Gasteiger partial charge on any atom is 0.239 e. The molecule has 0 spiro atoms. The largest absolute Gasteiger partial charge is 0.352 e. The number of hydrogen-bond acceptors (Lipinski definition) is 3. The Balaban J connectivity index is 1.77. The standard InChI is InChI=1S/C16H22FN3O2/c1-11(18)16(22)20-8-6-13(7-9-20)15(21)19-10-12-2-4-14(17)5-3-12/h2-5,11,13H,6-10,18H2,1H3,(H,19,21)/t11-/m1/s1. The molecule has 22 heavy (non-hydrogen) atoms. The Morgan fingerprint density at radius 3 is 2.45 bits per heavy atom. The summed E-state index contributed by atoms with van der Waals surface area (Å²) in [6.45, 7) is 3.19. The SMILES string of the molecule is C[C@@H](N)C(=O)N1CCC(C(=O)NCc2ccc(F)cc2)CC1. The molecule has 3 N–H and O–H groups in total. The average Bonchev–Trinajstić information content (AvgIpc) is 2.53. The maximum atomic E-state index is 12.8. The van der Waals surface area contributed by atoms with E-state index in [4.69, 9.17) is 5.73 Å². The van der Waals surface area contributed by atoms with Crippen LogP contribution >= 0.6 is 0 Å². The van der Waals surface area contributed by atoms with Gasteiger partial charge in [0, 0.05) is 25.6 Å². The smallest absolute Gasteiger partial charge is 0.239 e. The lowest BCUT2D eigenvalue weighted by atomic mass is 9.95. The van der Waals surface area contributed by atoms with Gasteiger partial charge < -0.3 is 16.0 Å². The number of nitrogens with one attached hydrogen (secondary N) is 1. The highest BCUT2D eigenvalue weighted by Gasteiger charge is 2.28. The highest BCUT2D eigenvalue weighted by atomic mass is 19.1. The lowest BCUT2D eigenvalue weighted by molar-refractivity contribution is -0.136. The molecule has 5 nitrogen and oxygen atoms in total. The lowest BCUT2D eigenvalue weighted by Crippen LogP contribution is -2.47. The number of nitrogens with two attached hydrogens (primary N) is 1. The van der Waals surface area contributed by atoms with Gasteiger partial charge >= 0.3 is 0 Å². The van der Waals surface area contributed by atoms with Gasteiger partial charge in [0.25, 0.3) is 0 Å². The van der Waals surface area contributed by atoms with Crippen molar-refractivity contribution < 1.29 is 14.0 Å². The van der Waals surface area contributed by atoms with E-state index in [2.05, 4.69) is 5.32 Å². The van der Waals surface area contributed by atoms with Gasteiger partial charge in [0.05, 0.1) is 6.04 Å². The minimum absolute atomic E-state index is 0.0165. The van der Waals surface area contributed by atoms with Crippen LogP contribution in [0.15, 0.2) is 24.3 Å². The Hall–Kier alpha value is -1.95. The number of hydrogen-bond donors (Lipinski definition) is 2. The molecule has 0 aliphatic carbocycles. The van der Waals surface area contributed by atoms with E-state index in [1.165, 1.54) is 12.1 Å². The van der Waals surface area contributed by atoms with Gasteiger partial charge in [0.2, 0.25) is 11.8 Å². The number of piperidine rings is 1. The van der Waals surface area contributed by atoms with Crippen LogP contribution in [-0.4, -0.2) is 35.8 Å². The second kappa shape index (κ2) is 7.35. The summed E-state index contributed by atoms with van der Waals surface area (Å²) in [7, 11) is 0. The summed E-state index contributed by atoms with van der Waals surface area (Å²) in [5.74, 6) is -0.457. The van der Waals surface area contributed by atoms with Crippen molar-refractivity contribution in [3.63, 3.8) is 0 Å². The molecule has 1 heterocycles. The van der Waals surface area contributed by atoms with Crippen LogP contribution in [-0.2, 0) is 16.1 Å². The first kappa shape index (κ1) is 16.4. The van der Waals surface area contributed by atoms with Crippen LogP contribution in [0, 0.1) is 11.7 Å². The molecular formula is C16H22FN3O2. The van der Waals surface area contributed by atoms with Crippen LogP contribution < -0.4 is 11.1 Å². The molecule has 2 amide bonds. The molecule has 0 unspecified atom stereocenters. The Morgan fingerprint density at radius 1 is 1.32 bits per heavy atom. The lowest BCUT2D eigenvalue weighted by Gasteiger charge is -2.32. The molecule has 1 atom stereocenters. The van der Waals surface area contributed by atoms with Crippen LogP contribution in [0.2, 0.25) is 0 Å². The van der Waals surface area contributed by atoms with Crippen LogP contribution in [0.1, 0.15) is 25.3 Å². The quantitative estimate of drug-likeness (QED) is 0.872. The van der Waals surface area contributed by atoms with Crippen LogP contribution in [0.3, 0.4) is 0 Å². The molecule has 120 valence electrons. The van der Waals surface area contributed by atoms with E-state index in [0.29, 0.717) is 32.5 Å². The normalized spacial score (nSPS) is 17.1. The van der Waals surface area contributed by atoms with E-state index in [1.807, 2.05) is 0 Å². The van der Waals surface area contributed by atoms with E-state index in [1.54, 1.807) is 24.0 Å².